The molecule has 102 valence electrons. The van der Waals surface area contributed by atoms with Crippen LogP contribution in [0.1, 0.15) is 18.0 Å². The summed E-state index contributed by atoms with van der Waals surface area (Å²) < 4.78 is 75.2. The number of ether oxygens (including phenoxy) is 1. The van der Waals surface area contributed by atoms with Crippen LogP contribution in [-0.2, 0) is 0 Å². The molecule has 0 aliphatic carbocycles. The molecule has 2 N–H and O–H groups in total. The van der Waals surface area contributed by atoms with Gasteiger partial charge in [0.15, 0.2) is 0 Å². The SMILES string of the molecule is N[C@H](CC(F)(F)F)c1ccc(OC(F)(F)F)cc1. The molecule has 8 heteroatoms. The molecule has 0 unspecified atom stereocenters. The van der Waals surface area contributed by atoms with Crippen LogP contribution in [-0.4, -0.2) is 12.5 Å². The van der Waals surface area contributed by atoms with Crippen molar-refractivity contribution < 1.29 is 31.1 Å². The summed E-state index contributed by atoms with van der Waals surface area (Å²) in [6, 6.07) is 2.65. The summed E-state index contributed by atoms with van der Waals surface area (Å²) in [5.41, 5.74) is 5.36. The molecule has 0 amide bonds. The van der Waals surface area contributed by atoms with E-state index in [4.69, 9.17) is 5.73 Å². The molecule has 0 saturated carbocycles. The zero-order chi connectivity index (χ0) is 14.0. The van der Waals surface area contributed by atoms with E-state index >= 15 is 0 Å². The Morgan fingerprint density at radius 1 is 1.00 bits per heavy atom. The fraction of sp³-hybridized carbons (Fsp3) is 0.400. The van der Waals surface area contributed by atoms with Crippen LogP contribution in [0.25, 0.3) is 0 Å². The van der Waals surface area contributed by atoms with Crippen LogP contribution < -0.4 is 10.5 Å². The van der Waals surface area contributed by atoms with Gasteiger partial charge in [0, 0.05) is 6.04 Å². The Morgan fingerprint density at radius 2 is 1.50 bits per heavy atom. The Bertz CT molecular complexity index is 383. The van der Waals surface area contributed by atoms with Crippen LogP contribution in [0.5, 0.6) is 5.75 Å². The average molecular weight is 273 g/mol. The van der Waals surface area contributed by atoms with Crippen LogP contribution >= 0.6 is 0 Å². The van der Waals surface area contributed by atoms with E-state index in [1.807, 2.05) is 0 Å². The molecule has 18 heavy (non-hydrogen) atoms. The maximum Gasteiger partial charge on any atom is 0.573 e. The van der Waals surface area contributed by atoms with Gasteiger partial charge in [-0.25, -0.2) is 0 Å². The predicted molar refractivity (Wildman–Crippen MR) is 50.7 cm³/mol. The van der Waals surface area contributed by atoms with Gasteiger partial charge in [0.1, 0.15) is 5.75 Å². The third-order valence-corrected chi connectivity index (χ3v) is 1.99. The first-order chi connectivity index (χ1) is 8.07. The van der Waals surface area contributed by atoms with E-state index < -0.39 is 30.8 Å². The van der Waals surface area contributed by atoms with E-state index in [9.17, 15) is 26.3 Å². The third kappa shape index (κ3) is 5.26. The van der Waals surface area contributed by atoms with E-state index in [0.29, 0.717) is 0 Å². The second kappa shape index (κ2) is 5.05. The third-order valence-electron chi connectivity index (χ3n) is 1.99. The smallest absolute Gasteiger partial charge is 0.406 e. The summed E-state index contributed by atoms with van der Waals surface area (Å²) in [4.78, 5) is 0. The highest BCUT2D eigenvalue weighted by atomic mass is 19.4. The Labute approximate surface area is 98.3 Å². The van der Waals surface area contributed by atoms with Crippen molar-refractivity contribution in [2.24, 2.45) is 5.73 Å². The molecular weight excluding hydrogens is 264 g/mol. The van der Waals surface area contributed by atoms with E-state index in [1.165, 1.54) is 0 Å². The Kier molecular flexibility index (Phi) is 4.10. The van der Waals surface area contributed by atoms with Gasteiger partial charge in [-0.05, 0) is 17.7 Å². The normalized spacial score (nSPS) is 14.4. The number of rotatable bonds is 3. The fourth-order valence-electron chi connectivity index (χ4n) is 1.28. The van der Waals surface area contributed by atoms with Gasteiger partial charge in [-0.15, -0.1) is 13.2 Å². The highest BCUT2D eigenvalue weighted by Gasteiger charge is 2.32. The molecule has 0 saturated heterocycles. The molecular formula is C10H9F6NO. The van der Waals surface area contributed by atoms with Crippen LogP contribution in [0.3, 0.4) is 0 Å². The van der Waals surface area contributed by atoms with Gasteiger partial charge in [0.05, 0.1) is 6.42 Å². The molecule has 0 aliphatic rings. The number of alkyl halides is 6. The van der Waals surface area contributed by atoms with Gasteiger partial charge < -0.3 is 10.5 Å². The average Bonchev–Trinajstić information content (AvgIpc) is 2.13. The molecule has 0 spiro atoms. The van der Waals surface area contributed by atoms with Crippen LogP contribution in [0.15, 0.2) is 24.3 Å². The molecule has 0 bridgehead atoms. The monoisotopic (exact) mass is 273 g/mol. The molecule has 0 fully saturated rings. The highest BCUT2D eigenvalue weighted by Crippen LogP contribution is 2.29. The molecule has 1 rings (SSSR count). The first-order valence-corrected chi connectivity index (χ1v) is 4.75. The Morgan fingerprint density at radius 3 is 1.89 bits per heavy atom. The highest BCUT2D eigenvalue weighted by molar-refractivity contribution is 5.29. The summed E-state index contributed by atoms with van der Waals surface area (Å²) in [7, 11) is 0. The first kappa shape index (κ1) is 14.6. The van der Waals surface area contributed by atoms with E-state index in [0.717, 1.165) is 24.3 Å². The molecule has 0 radical (unpaired) electrons. The van der Waals surface area contributed by atoms with Crippen LogP contribution in [0.4, 0.5) is 26.3 Å². The van der Waals surface area contributed by atoms with Crippen molar-refractivity contribution >= 4 is 0 Å². The first-order valence-electron chi connectivity index (χ1n) is 4.75. The van der Waals surface area contributed by atoms with Crippen molar-refractivity contribution in [2.45, 2.75) is 25.0 Å². The van der Waals surface area contributed by atoms with Gasteiger partial charge >= 0.3 is 12.5 Å². The van der Waals surface area contributed by atoms with Gasteiger partial charge in [0.2, 0.25) is 0 Å². The molecule has 2 nitrogen and oxygen atoms in total. The zero-order valence-electron chi connectivity index (χ0n) is 8.85. The largest absolute Gasteiger partial charge is 0.573 e. The molecule has 1 atom stereocenters. The summed E-state index contributed by atoms with van der Waals surface area (Å²) >= 11 is 0. The number of nitrogens with two attached hydrogens (primary N) is 1. The number of hydrogen-bond donors (Lipinski definition) is 1. The van der Waals surface area contributed by atoms with Crippen molar-refractivity contribution in [2.75, 3.05) is 0 Å². The predicted octanol–water partition coefficient (Wildman–Crippen LogP) is 3.54. The number of benzene rings is 1. The molecule has 0 aliphatic heterocycles. The van der Waals surface area contributed by atoms with Crippen molar-refractivity contribution in [3.8, 4) is 5.75 Å². The second-order valence-electron chi connectivity index (χ2n) is 3.54. The van der Waals surface area contributed by atoms with Crippen molar-refractivity contribution in [3.05, 3.63) is 29.8 Å². The van der Waals surface area contributed by atoms with E-state index in [1.54, 1.807) is 0 Å². The molecule has 0 heterocycles. The summed E-state index contributed by atoms with van der Waals surface area (Å²) in [6.45, 7) is 0. The minimum Gasteiger partial charge on any atom is -0.406 e. The second-order valence-corrected chi connectivity index (χ2v) is 3.54. The van der Waals surface area contributed by atoms with Gasteiger partial charge in [0.25, 0.3) is 0 Å². The quantitative estimate of drug-likeness (QED) is 0.855. The lowest BCUT2D eigenvalue weighted by Gasteiger charge is -2.15. The zero-order valence-corrected chi connectivity index (χ0v) is 8.85. The van der Waals surface area contributed by atoms with Crippen molar-refractivity contribution in [1.29, 1.82) is 0 Å². The lowest BCUT2D eigenvalue weighted by molar-refractivity contribution is -0.274. The Hall–Kier alpha value is -1.44. The molecule has 0 aromatic heterocycles. The lowest BCUT2D eigenvalue weighted by atomic mass is 10.0. The summed E-state index contributed by atoms with van der Waals surface area (Å²) in [6.07, 6.45) is -10.5. The molecule has 1 aromatic rings. The fourth-order valence-corrected chi connectivity index (χ4v) is 1.28. The van der Waals surface area contributed by atoms with E-state index in [-0.39, 0.29) is 5.56 Å². The number of hydrogen-bond acceptors (Lipinski definition) is 2. The maximum absolute atomic E-state index is 12.0. The number of halogens is 6. The van der Waals surface area contributed by atoms with Gasteiger partial charge in [-0.3, -0.25) is 0 Å². The van der Waals surface area contributed by atoms with Gasteiger partial charge in [-0.2, -0.15) is 13.2 Å². The summed E-state index contributed by atoms with van der Waals surface area (Å²) in [5.74, 6) is -0.509. The van der Waals surface area contributed by atoms with Gasteiger partial charge in [-0.1, -0.05) is 12.1 Å². The standard InChI is InChI=1S/C10H9F6NO/c11-9(12,13)5-8(17)6-1-3-7(4-2-6)18-10(14,15)16/h1-4,8H,5,17H2/t8-/m1/s1. The van der Waals surface area contributed by atoms with Crippen LogP contribution in [0, 0.1) is 0 Å². The summed E-state index contributed by atoms with van der Waals surface area (Å²) in [5, 5.41) is 0. The minimum atomic E-state index is -4.84. The minimum absolute atomic E-state index is 0.0850. The Balaban J connectivity index is 2.71. The van der Waals surface area contributed by atoms with E-state index in [2.05, 4.69) is 4.74 Å². The van der Waals surface area contributed by atoms with Crippen molar-refractivity contribution in [1.82, 2.24) is 0 Å². The molecule has 1 aromatic carbocycles. The lowest BCUT2D eigenvalue weighted by Crippen LogP contribution is -2.20. The van der Waals surface area contributed by atoms with Crippen molar-refractivity contribution in [3.63, 3.8) is 0 Å². The van der Waals surface area contributed by atoms with Crippen LogP contribution in [0.2, 0.25) is 0 Å². The topological polar surface area (TPSA) is 35.2 Å². The maximum atomic E-state index is 12.0.